The van der Waals surface area contributed by atoms with Crippen molar-refractivity contribution in [2.24, 2.45) is 0 Å². The van der Waals surface area contributed by atoms with Crippen LogP contribution in [0.4, 0.5) is 5.69 Å². The van der Waals surface area contributed by atoms with Gasteiger partial charge in [0.15, 0.2) is 0 Å². The van der Waals surface area contributed by atoms with E-state index in [9.17, 15) is 10.1 Å². The number of rotatable bonds is 5. The predicted molar refractivity (Wildman–Crippen MR) is 58.3 cm³/mol. The molecule has 15 heavy (non-hydrogen) atoms. The summed E-state index contributed by atoms with van der Waals surface area (Å²) in [5, 5.41) is 14.9. The summed E-state index contributed by atoms with van der Waals surface area (Å²) in [5.74, 6) is 0.612. The van der Waals surface area contributed by atoms with Crippen LogP contribution in [-0.4, -0.2) is 20.6 Å². The molecule has 0 aliphatic carbocycles. The SMILES string of the molecule is Cc1nn(CCCCCl)c(C)c1[N+](=O)[O-]. The largest absolute Gasteiger partial charge is 0.312 e. The van der Waals surface area contributed by atoms with Gasteiger partial charge in [0.05, 0.1) is 4.92 Å². The van der Waals surface area contributed by atoms with Crippen LogP contribution >= 0.6 is 11.6 Å². The summed E-state index contributed by atoms with van der Waals surface area (Å²) in [6.45, 7) is 4.06. The van der Waals surface area contributed by atoms with Crippen molar-refractivity contribution in [1.82, 2.24) is 9.78 Å². The molecule has 0 unspecified atom stereocenters. The molecule has 0 N–H and O–H groups in total. The van der Waals surface area contributed by atoms with Gasteiger partial charge in [-0.3, -0.25) is 14.8 Å². The zero-order chi connectivity index (χ0) is 11.4. The van der Waals surface area contributed by atoms with Crippen LogP contribution in [0.2, 0.25) is 0 Å². The number of alkyl halides is 1. The molecule has 0 aliphatic heterocycles. The molecule has 0 spiro atoms. The Morgan fingerprint density at radius 3 is 2.60 bits per heavy atom. The summed E-state index contributed by atoms with van der Waals surface area (Å²) >= 11 is 5.56. The second-order valence-electron chi connectivity index (χ2n) is 3.40. The second-order valence-corrected chi connectivity index (χ2v) is 3.77. The monoisotopic (exact) mass is 231 g/mol. The van der Waals surface area contributed by atoms with Crippen LogP contribution in [0.5, 0.6) is 0 Å². The lowest BCUT2D eigenvalue weighted by atomic mass is 10.3. The summed E-state index contributed by atoms with van der Waals surface area (Å²) in [4.78, 5) is 10.3. The highest BCUT2D eigenvalue weighted by molar-refractivity contribution is 6.17. The van der Waals surface area contributed by atoms with E-state index in [1.807, 2.05) is 0 Å². The maximum atomic E-state index is 10.7. The van der Waals surface area contributed by atoms with Crippen molar-refractivity contribution in [3.05, 3.63) is 21.5 Å². The molecule has 1 rings (SSSR count). The predicted octanol–water partition coefficient (Wildman–Crippen LogP) is 2.43. The van der Waals surface area contributed by atoms with Crippen molar-refractivity contribution in [2.45, 2.75) is 33.2 Å². The average molecular weight is 232 g/mol. The first kappa shape index (κ1) is 12.0. The average Bonchev–Trinajstić information content (AvgIpc) is 2.42. The van der Waals surface area contributed by atoms with Gasteiger partial charge in [-0.15, -0.1) is 11.6 Å². The van der Waals surface area contributed by atoms with Gasteiger partial charge in [-0.05, 0) is 26.7 Å². The molecule has 1 aromatic rings. The number of halogens is 1. The summed E-state index contributed by atoms with van der Waals surface area (Å²) in [5.41, 5.74) is 1.22. The first-order valence-electron chi connectivity index (χ1n) is 4.82. The molecule has 6 heteroatoms. The smallest absolute Gasteiger partial charge is 0.262 e. The Hall–Kier alpha value is -1.10. The summed E-state index contributed by atoms with van der Waals surface area (Å²) in [6.07, 6.45) is 1.79. The quantitative estimate of drug-likeness (QED) is 0.338. The lowest BCUT2D eigenvalue weighted by molar-refractivity contribution is -0.386. The van der Waals surface area contributed by atoms with Crippen LogP contribution in [0.3, 0.4) is 0 Å². The third-order valence-electron chi connectivity index (χ3n) is 2.28. The van der Waals surface area contributed by atoms with E-state index in [2.05, 4.69) is 5.10 Å². The standard InChI is InChI=1S/C9H14ClN3O2/c1-7-9(13(14)15)8(2)12(11-7)6-4-3-5-10/h3-6H2,1-2H3. The Bertz CT molecular complexity index is 362. The molecule has 0 fully saturated rings. The van der Waals surface area contributed by atoms with Crippen molar-refractivity contribution in [2.75, 3.05) is 5.88 Å². The Morgan fingerprint density at radius 1 is 1.47 bits per heavy atom. The Balaban J connectivity index is 2.82. The van der Waals surface area contributed by atoms with Crippen molar-refractivity contribution in [3.8, 4) is 0 Å². The van der Waals surface area contributed by atoms with E-state index in [1.54, 1.807) is 18.5 Å². The first-order chi connectivity index (χ1) is 7.07. The molecule has 0 radical (unpaired) electrons. The van der Waals surface area contributed by atoms with E-state index in [-0.39, 0.29) is 10.6 Å². The van der Waals surface area contributed by atoms with E-state index in [4.69, 9.17) is 11.6 Å². The molecule has 0 amide bonds. The zero-order valence-corrected chi connectivity index (χ0v) is 9.62. The summed E-state index contributed by atoms with van der Waals surface area (Å²) in [6, 6.07) is 0. The van der Waals surface area contributed by atoms with Gasteiger partial charge in [0.2, 0.25) is 0 Å². The fourth-order valence-electron chi connectivity index (χ4n) is 1.53. The highest BCUT2D eigenvalue weighted by Gasteiger charge is 2.21. The first-order valence-corrected chi connectivity index (χ1v) is 5.35. The van der Waals surface area contributed by atoms with E-state index in [1.165, 1.54) is 0 Å². The highest BCUT2D eigenvalue weighted by atomic mass is 35.5. The van der Waals surface area contributed by atoms with Gasteiger partial charge in [-0.2, -0.15) is 5.10 Å². The van der Waals surface area contributed by atoms with Crippen LogP contribution in [0.15, 0.2) is 0 Å². The minimum atomic E-state index is -0.379. The molecule has 0 saturated carbocycles. The fourth-order valence-corrected chi connectivity index (χ4v) is 1.71. The molecule has 0 saturated heterocycles. The maximum Gasteiger partial charge on any atom is 0.312 e. The van der Waals surface area contributed by atoms with E-state index < -0.39 is 0 Å². The highest BCUT2D eigenvalue weighted by Crippen LogP contribution is 2.21. The van der Waals surface area contributed by atoms with Crippen LogP contribution in [0.1, 0.15) is 24.2 Å². The lowest BCUT2D eigenvalue weighted by Crippen LogP contribution is -2.03. The van der Waals surface area contributed by atoms with Gasteiger partial charge in [-0.1, -0.05) is 0 Å². The van der Waals surface area contributed by atoms with E-state index >= 15 is 0 Å². The van der Waals surface area contributed by atoms with Gasteiger partial charge in [-0.25, -0.2) is 0 Å². The van der Waals surface area contributed by atoms with E-state index in [0.29, 0.717) is 23.8 Å². The summed E-state index contributed by atoms with van der Waals surface area (Å²) in [7, 11) is 0. The van der Waals surface area contributed by atoms with Crippen molar-refractivity contribution in [1.29, 1.82) is 0 Å². The Labute approximate surface area is 93.2 Å². The van der Waals surface area contributed by atoms with Crippen LogP contribution in [0, 0.1) is 24.0 Å². The third kappa shape index (κ3) is 2.68. The second kappa shape index (κ2) is 5.11. The molecule has 1 aromatic heterocycles. The molecule has 5 nitrogen and oxygen atoms in total. The molecular formula is C9H14ClN3O2. The molecule has 0 bridgehead atoms. The van der Waals surface area contributed by atoms with Gasteiger partial charge >= 0.3 is 5.69 Å². The van der Waals surface area contributed by atoms with Crippen molar-refractivity contribution in [3.63, 3.8) is 0 Å². The van der Waals surface area contributed by atoms with Gasteiger partial charge < -0.3 is 0 Å². The van der Waals surface area contributed by atoms with Crippen LogP contribution in [-0.2, 0) is 6.54 Å². The van der Waals surface area contributed by atoms with Gasteiger partial charge in [0, 0.05) is 12.4 Å². The van der Waals surface area contributed by atoms with E-state index in [0.717, 1.165) is 12.8 Å². The Morgan fingerprint density at radius 2 is 2.13 bits per heavy atom. The normalized spacial score (nSPS) is 10.6. The fraction of sp³-hybridized carbons (Fsp3) is 0.667. The number of nitro groups is 1. The minimum absolute atomic E-state index is 0.126. The lowest BCUT2D eigenvalue weighted by Gasteiger charge is -2.01. The number of unbranched alkanes of at least 4 members (excludes halogenated alkanes) is 1. The molecule has 0 aliphatic rings. The Kier molecular flexibility index (Phi) is 4.08. The van der Waals surface area contributed by atoms with Gasteiger partial charge in [0.25, 0.3) is 0 Å². The number of hydrogen-bond donors (Lipinski definition) is 0. The molecule has 0 aromatic carbocycles. The number of aryl methyl sites for hydroxylation is 2. The van der Waals surface area contributed by atoms with Crippen LogP contribution in [0.25, 0.3) is 0 Å². The third-order valence-corrected chi connectivity index (χ3v) is 2.55. The van der Waals surface area contributed by atoms with Gasteiger partial charge in [0.1, 0.15) is 11.4 Å². The molecule has 1 heterocycles. The number of aromatic nitrogens is 2. The van der Waals surface area contributed by atoms with Crippen molar-refractivity contribution >= 4 is 17.3 Å². The summed E-state index contributed by atoms with van der Waals surface area (Å²) < 4.78 is 1.68. The van der Waals surface area contributed by atoms with Crippen molar-refractivity contribution < 1.29 is 4.92 Å². The maximum absolute atomic E-state index is 10.7. The zero-order valence-electron chi connectivity index (χ0n) is 8.86. The molecule has 0 atom stereocenters. The minimum Gasteiger partial charge on any atom is -0.262 e. The molecule has 84 valence electrons. The topological polar surface area (TPSA) is 61.0 Å². The number of hydrogen-bond acceptors (Lipinski definition) is 3. The number of nitrogens with zero attached hydrogens (tertiary/aromatic N) is 3. The molecular weight excluding hydrogens is 218 g/mol. The van der Waals surface area contributed by atoms with Crippen LogP contribution < -0.4 is 0 Å².